The van der Waals surface area contributed by atoms with Gasteiger partial charge in [-0.25, -0.2) is 0 Å². The largest absolute Gasteiger partial charge is 0.570 e. The molecule has 1 rings (SSSR count). The van der Waals surface area contributed by atoms with Crippen LogP contribution in [0.15, 0.2) is 0 Å². The van der Waals surface area contributed by atoms with Crippen molar-refractivity contribution in [2.75, 3.05) is 20.8 Å². The predicted molar refractivity (Wildman–Crippen MR) is 41.5 cm³/mol. The Balaban J connectivity index is 2.46. The Labute approximate surface area is 71.9 Å². The number of hydrogen-bond acceptors (Lipinski definition) is 5. The van der Waals surface area contributed by atoms with Crippen LogP contribution in [-0.2, 0) is 22.8 Å². The summed E-state index contributed by atoms with van der Waals surface area (Å²) >= 11 is 0. The summed E-state index contributed by atoms with van der Waals surface area (Å²) in [5, 5.41) is 0. The summed E-state index contributed by atoms with van der Waals surface area (Å²) in [6.45, 7) is 1.06. The second-order valence-corrected chi connectivity index (χ2v) is 5.29. The van der Waals surface area contributed by atoms with Crippen molar-refractivity contribution in [2.45, 2.75) is 12.1 Å². The third-order valence-corrected chi connectivity index (χ3v) is 4.38. The number of ether oxygens (including phenoxy) is 1. The molecule has 12 heavy (non-hydrogen) atoms. The van der Waals surface area contributed by atoms with E-state index in [1.165, 1.54) is 14.2 Å². The van der Waals surface area contributed by atoms with Crippen molar-refractivity contribution < 1.29 is 22.8 Å². The van der Waals surface area contributed by atoms with E-state index < -0.39 is 8.80 Å². The first-order valence-corrected chi connectivity index (χ1v) is 5.53. The molecular formula is C6H12O5Si. The summed E-state index contributed by atoms with van der Waals surface area (Å²) in [4.78, 5) is 10.2. The predicted octanol–water partition coefficient (Wildman–Crippen LogP) is -0.210. The molecule has 1 heterocycles. The average molecular weight is 192 g/mol. The van der Waals surface area contributed by atoms with E-state index in [1.807, 2.05) is 0 Å². The molecule has 0 spiro atoms. The van der Waals surface area contributed by atoms with Crippen LogP contribution < -0.4 is 0 Å². The molecule has 0 N–H and O–H groups in total. The van der Waals surface area contributed by atoms with Crippen LogP contribution in [0, 0.1) is 0 Å². The molecule has 6 heteroatoms. The Morgan fingerprint density at radius 2 is 2.17 bits per heavy atom. The lowest BCUT2D eigenvalue weighted by Crippen LogP contribution is -2.44. The number of epoxide rings is 1. The zero-order chi connectivity index (χ0) is 9.03. The van der Waals surface area contributed by atoms with Gasteiger partial charge in [0.1, 0.15) is 0 Å². The van der Waals surface area contributed by atoms with Crippen LogP contribution in [0.25, 0.3) is 0 Å². The first-order chi connectivity index (χ1) is 5.76. The minimum Gasteiger partial charge on any atom is -0.476 e. The Morgan fingerprint density at radius 3 is 2.50 bits per heavy atom. The molecule has 5 nitrogen and oxygen atoms in total. The van der Waals surface area contributed by atoms with Crippen molar-refractivity contribution in [1.82, 2.24) is 0 Å². The van der Waals surface area contributed by atoms with Gasteiger partial charge in [-0.2, -0.15) is 0 Å². The molecule has 0 bridgehead atoms. The molecule has 0 aliphatic carbocycles. The lowest BCUT2D eigenvalue weighted by molar-refractivity contribution is -0.124. The van der Waals surface area contributed by atoms with Crippen molar-refractivity contribution >= 4 is 15.3 Å². The van der Waals surface area contributed by atoms with Gasteiger partial charge in [-0.15, -0.1) is 0 Å². The van der Waals surface area contributed by atoms with Crippen molar-refractivity contribution in [3.05, 3.63) is 0 Å². The lowest BCUT2D eigenvalue weighted by Gasteiger charge is -2.22. The molecule has 1 fully saturated rings. The van der Waals surface area contributed by atoms with E-state index in [-0.39, 0.29) is 6.10 Å². The van der Waals surface area contributed by atoms with E-state index in [1.54, 1.807) is 0 Å². The summed E-state index contributed by atoms with van der Waals surface area (Å²) in [6.07, 6.45) is 0.136. The summed E-state index contributed by atoms with van der Waals surface area (Å²) in [7, 11) is 0.211. The molecule has 1 atom stereocenters. The normalized spacial score (nSPS) is 22.0. The van der Waals surface area contributed by atoms with Gasteiger partial charge in [0.2, 0.25) is 0 Å². The van der Waals surface area contributed by atoms with Crippen LogP contribution >= 0.6 is 0 Å². The fraction of sp³-hybridized carbons (Fsp3) is 0.833. The molecule has 0 aromatic rings. The number of rotatable bonds is 6. The third kappa shape index (κ3) is 2.28. The van der Waals surface area contributed by atoms with E-state index in [4.69, 9.17) is 18.0 Å². The zero-order valence-corrected chi connectivity index (χ0v) is 8.11. The van der Waals surface area contributed by atoms with E-state index in [9.17, 15) is 4.79 Å². The van der Waals surface area contributed by atoms with Gasteiger partial charge in [0.05, 0.1) is 18.8 Å². The molecule has 0 amide bonds. The van der Waals surface area contributed by atoms with E-state index in [2.05, 4.69) is 0 Å². The van der Waals surface area contributed by atoms with Gasteiger partial charge < -0.3 is 18.0 Å². The van der Waals surface area contributed by atoms with E-state index >= 15 is 0 Å². The van der Waals surface area contributed by atoms with Gasteiger partial charge in [-0.05, 0) is 0 Å². The SMILES string of the molecule is CO[Si](CC1CO1)(OC)OC=O. The first kappa shape index (κ1) is 9.65. The van der Waals surface area contributed by atoms with Crippen LogP contribution in [0.1, 0.15) is 0 Å². The van der Waals surface area contributed by atoms with Crippen molar-refractivity contribution in [2.24, 2.45) is 0 Å². The average Bonchev–Trinajstić information content (AvgIpc) is 2.87. The molecular weight excluding hydrogens is 180 g/mol. The summed E-state index contributed by atoms with van der Waals surface area (Å²) in [5.74, 6) is 0. The highest BCUT2D eigenvalue weighted by Crippen LogP contribution is 2.24. The van der Waals surface area contributed by atoms with Crippen molar-refractivity contribution in [1.29, 1.82) is 0 Å². The smallest absolute Gasteiger partial charge is 0.476 e. The number of carbonyl (C=O) groups is 1. The van der Waals surface area contributed by atoms with Crippen LogP contribution in [-0.4, -0.2) is 42.2 Å². The zero-order valence-electron chi connectivity index (χ0n) is 7.11. The summed E-state index contributed by atoms with van der Waals surface area (Å²) in [6, 6.07) is 0.540. The maximum Gasteiger partial charge on any atom is 0.570 e. The van der Waals surface area contributed by atoms with Gasteiger partial charge >= 0.3 is 8.80 Å². The fourth-order valence-electron chi connectivity index (χ4n) is 0.932. The molecule has 70 valence electrons. The van der Waals surface area contributed by atoms with E-state index in [0.717, 1.165) is 0 Å². The second kappa shape index (κ2) is 3.99. The second-order valence-electron chi connectivity index (χ2n) is 2.46. The summed E-state index contributed by atoms with van der Waals surface area (Å²) in [5.41, 5.74) is 0. The molecule has 1 aliphatic heterocycles. The molecule has 1 saturated heterocycles. The standard InChI is InChI=1S/C6H12O5Si/c1-8-12(9-2,11-5-7)4-6-3-10-6/h5-6H,3-4H2,1-2H3. The van der Waals surface area contributed by atoms with Gasteiger partial charge in [0, 0.05) is 14.2 Å². The maximum absolute atomic E-state index is 10.2. The lowest BCUT2D eigenvalue weighted by atomic mass is 10.6. The Morgan fingerprint density at radius 1 is 1.58 bits per heavy atom. The highest BCUT2D eigenvalue weighted by atomic mass is 28.4. The minimum atomic E-state index is -2.74. The van der Waals surface area contributed by atoms with E-state index in [0.29, 0.717) is 19.1 Å². The topological polar surface area (TPSA) is 57.3 Å². The van der Waals surface area contributed by atoms with Crippen LogP contribution in [0.2, 0.25) is 6.04 Å². The minimum absolute atomic E-state index is 0.136. The van der Waals surface area contributed by atoms with Crippen LogP contribution in [0.3, 0.4) is 0 Å². The van der Waals surface area contributed by atoms with Crippen LogP contribution in [0.5, 0.6) is 0 Å². The molecule has 0 aromatic heterocycles. The fourth-order valence-corrected chi connectivity index (χ4v) is 2.66. The molecule has 1 unspecified atom stereocenters. The van der Waals surface area contributed by atoms with Crippen LogP contribution in [0.4, 0.5) is 0 Å². The molecule has 0 radical (unpaired) electrons. The highest BCUT2D eigenvalue weighted by Gasteiger charge is 2.47. The Hall–Kier alpha value is -0.433. The first-order valence-electron chi connectivity index (χ1n) is 3.59. The number of carbonyl (C=O) groups excluding carboxylic acids is 1. The quantitative estimate of drug-likeness (QED) is 0.331. The Kier molecular flexibility index (Phi) is 3.21. The van der Waals surface area contributed by atoms with Gasteiger partial charge in [-0.3, -0.25) is 4.79 Å². The third-order valence-electron chi connectivity index (χ3n) is 1.73. The summed E-state index contributed by atoms with van der Waals surface area (Å²) < 4.78 is 19.9. The molecule has 1 aliphatic rings. The van der Waals surface area contributed by atoms with Gasteiger partial charge in [-0.1, -0.05) is 0 Å². The van der Waals surface area contributed by atoms with Gasteiger partial charge in [0.15, 0.2) is 0 Å². The van der Waals surface area contributed by atoms with Gasteiger partial charge in [0.25, 0.3) is 6.47 Å². The van der Waals surface area contributed by atoms with Crippen molar-refractivity contribution in [3.8, 4) is 0 Å². The molecule has 0 aromatic carbocycles. The highest BCUT2D eigenvalue weighted by molar-refractivity contribution is 6.62. The number of hydrogen-bond donors (Lipinski definition) is 0. The maximum atomic E-state index is 10.2. The monoisotopic (exact) mass is 192 g/mol. The Bertz CT molecular complexity index is 154. The van der Waals surface area contributed by atoms with Crippen molar-refractivity contribution in [3.63, 3.8) is 0 Å². The molecule has 0 saturated carbocycles.